The molecule has 0 radical (unpaired) electrons. The van der Waals surface area contributed by atoms with Gasteiger partial charge in [0.15, 0.2) is 11.0 Å². The number of carbonyl (C=O) groups excluding carboxylic acids is 1. The summed E-state index contributed by atoms with van der Waals surface area (Å²) in [4.78, 5) is 22.7. The smallest absolute Gasteiger partial charge is 0.271 e. The van der Waals surface area contributed by atoms with E-state index in [0.29, 0.717) is 23.2 Å². The second-order valence-corrected chi connectivity index (χ2v) is 7.94. The summed E-state index contributed by atoms with van der Waals surface area (Å²) in [5, 5.41) is 22.5. The third-order valence-corrected chi connectivity index (χ3v) is 5.43. The molecule has 1 heterocycles. The molecule has 166 valence electrons. The van der Waals surface area contributed by atoms with E-state index in [-0.39, 0.29) is 24.0 Å². The van der Waals surface area contributed by atoms with Gasteiger partial charge >= 0.3 is 0 Å². The zero-order chi connectivity index (χ0) is 23.1. The number of aryl methyl sites for hydroxylation is 2. The number of amides is 1. The predicted molar refractivity (Wildman–Crippen MR) is 123 cm³/mol. The molecule has 1 amide bonds. The van der Waals surface area contributed by atoms with Crippen molar-refractivity contribution in [1.29, 1.82) is 0 Å². The van der Waals surface area contributed by atoms with Crippen LogP contribution in [0.3, 0.4) is 0 Å². The fourth-order valence-corrected chi connectivity index (χ4v) is 3.74. The highest BCUT2D eigenvalue weighted by molar-refractivity contribution is 7.99. The van der Waals surface area contributed by atoms with Crippen molar-refractivity contribution in [2.24, 2.45) is 0 Å². The molecule has 0 aliphatic heterocycles. The number of nitro benzene ring substituents is 1. The van der Waals surface area contributed by atoms with E-state index in [1.807, 2.05) is 36.6 Å². The molecule has 32 heavy (non-hydrogen) atoms. The third-order valence-electron chi connectivity index (χ3n) is 4.47. The average Bonchev–Trinajstić information content (AvgIpc) is 3.13. The zero-order valence-electron chi connectivity index (χ0n) is 17.8. The summed E-state index contributed by atoms with van der Waals surface area (Å²) in [7, 11) is 0. The van der Waals surface area contributed by atoms with Crippen molar-refractivity contribution in [2.45, 2.75) is 32.2 Å². The third kappa shape index (κ3) is 5.94. The maximum absolute atomic E-state index is 12.3. The molecule has 1 N–H and O–H groups in total. The van der Waals surface area contributed by atoms with Crippen molar-refractivity contribution in [2.75, 3.05) is 11.1 Å². The van der Waals surface area contributed by atoms with Crippen LogP contribution in [0.1, 0.15) is 17.0 Å². The molecule has 0 atom stereocenters. The van der Waals surface area contributed by atoms with E-state index in [2.05, 4.69) is 22.1 Å². The van der Waals surface area contributed by atoms with Gasteiger partial charge in [0.1, 0.15) is 12.4 Å². The fourth-order valence-electron chi connectivity index (χ4n) is 2.97. The largest absolute Gasteiger partial charge is 0.485 e. The summed E-state index contributed by atoms with van der Waals surface area (Å²) in [5.74, 6) is 1.15. The number of ether oxygens (including phenoxy) is 1. The molecule has 0 spiro atoms. The molecule has 3 aromatic rings. The first kappa shape index (κ1) is 23.0. The topological polar surface area (TPSA) is 112 Å². The lowest BCUT2D eigenvalue weighted by atomic mass is 10.1. The molecule has 10 heteroatoms. The Bertz CT molecular complexity index is 1150. The Morgan fingerprint density at radius 3 is 2.81 bits per heavy atom. The van der Waals surface area contributed by atoms with Gasteiger partial charge in [-0.05, 0) is 31.5 Å². The molecule has 9 nitrogen and oxygen atoms in total. The molecule has 0 fully saturated rings. The number of nitro groups is 1. The highest BCUT2D eigenvalue weighted by Gasteiger charge is 2.15. The number of thioether (sulfide) groups is 1. The van der Waals surface area contributed by atoms with Crippen LogP contribution in [0.4, 0.5) is 11.4 Å². The lowest BCUT2D eigenvalue weighted by Crippen LogP contribution is -2.15. The van der Waals surface area contributed by atoms with E-state index in [4.69, 9.17) is 4.74 Å². The molecule has 1 aromatic heterocycles. The minimum Gasteiger partial charge on any atom is -0.485 e. The Hall–Kier alpha value is -3.66. The van der Waals surface area contributed by atoms with Gasteiger partial charge in [0.25, 0.3) is 5.69 Å². The van der Waals surface area contributed by atoms with Gasteiger partial charge < -0.3 is 10.1 Å². The number of benzene rings is 2. The molecular formula is C22H23N5O4S. The second-order valence-electron chi connectivity index (χ2n) is 7.00. The number of aromatic nitrogens is 3. The minimum atomic E-state index is -0.510. The number of rotatable bonds is 10. The van der Waals surface area contributed by atoms with Crippen LogP contribution in [-0.2, 0) is 17.9 Å². The fraction of sp³-hybridized carbons (Fsp3) is 0.227. The zero-order valence-corrected chi connectivity index (χ0v) is 18.6. The molecule has 0 bridgehead atoms. The van der Waals surface area contributed by atoms with Crippen molar-refractivity contribution >= 4 is 29.0 Å². The number of hydrogen-bond acceptors (Lipinski definition) is 7. The first-order valence-electron chi connectivity index (χ1n) is 9.77. The Morgan fingerprint density at radius 2 is 2.09 bits per heavy atom. The van der Waals surface area contributed by atoms with E-state index in [1.165, 1.54) is 30.0 Å². The van der Waals surface area contributed by atoms with E-state index in [1.54, 1.807) is 12.1 Å². The number of nitrogens with zero attached hydrogens (tertiary/aromatic N) is 4. The average molecular weight is 454 g/mol. The van der Waals surface area contributed by atoms with Crippen molar-refractivity contribution < 1.29 is 14.5 Å². The summed E-state index contributed by atoms with van der Waals surface area (Å²) in [6.45, 7) is 8.47. The SMILES string of the molecule is C=CCn1c(COc2ccc(C)cc2C)nnc1SCC(=O)Nc1cccc([N+](=O)[O-])c1. The van der Waals surface area contributed by atoms with Gasteiger partial charge in [-0.2, -0.15) is 0 Å². The van der Waals surface area contributed by atoms with Gasteiger partial charge in [-0.3, -0.25) is 19.5 Å². The molecule has 2 aromatic carbocycles. The van der Waals surface area contributed by atoms with Crippen LogP contribution in [0.25, 0.3) is 0 Å². The normalized spacial score (nSPS) is 10.6. The van der Waals surface area contributed by atoms with Crippen LogP contribution >= 0.6 is 11.8 Å². The standard InChI is InChI=1S/C22H23N5O4S/c1-4-10-26-20(13-31-19-9-8-15(2)11-16(19)3)24-25-22(26)32-14-21(28)23-17-6-5-7-18(12-17)27(29)30/h4-9,11-12H,1,10,13-14H2,2-3H3,(H,23,28). The van der Waals surface area contributed by atoms with Crippen molar-refractivity contribution in [3.63, 3.8) is 0 Å². The van der Waals surface area contributed by atoms with Gasteiger partial charge in [0, 0.05) is 24.4 Å². The summed E-state index contributed by atoms with van der Waals surface area (Å²) < 4.78 is 7.75. The number of allylic oxidation sites excluding steroid dienone is 1. The van der Waals surface area contributed by atoms with Crippen LogP contribution in [-0.4, -0.2) is 31.3 Å². The van der Waals surface area contributed by atoms with Gasteiger partial charge in [-0.25, -0.2) is 0 Å². The van der Waals surface area contributed by atoms with E-state index in [9.17, 15) is 14.9 Å². The maximum atomic E-state index is 12.3. The highest BCUT2D eigenvalue weighted by Crippen LogP contribution is 2.22. The maximum Gasteiger partial charge on any atom is 0.271 e. The molecule has 3 rings (SSSR count). The van der Waals surface area contributed by atoms with Crippen LogP contribution < -0.4 is 10.1 Å². The summed E-state index contributed by atoms with van der Waals surface area (Å²) in [6, 6.07) is 11.7. The summed E-state index contributed by atoms with van der Waals surface area (Å²) in [5.41, 5.74) is 2.47. The monoisotopic (exact) mass is 453 g/mol. The Morgan fingerprint density at radius 1 is 1.28 bits per heavy atom. The van der Waals surface area contributed by atoms with Crippen molar-refractivity contribution in [3.05, 3.63) is 82.2 Å². The lowest BCUT2D eigenvalue weighted by Gasteiger charge is -2.11. The number of non-ortho nitro benzene ring substituents is 1. The Kier molecular flexibility index (Phi) is 7.61. The van der Waals surface area contributed by atoms with Crippen LogP contribution in [0.15, 0.2) is 60.3 Å². The van der Waals surface area contributed by atoms with Crippen LogP contribution in [0, 0.1) is 24.0 Å². The van der Waals surface area contributed by atoms with Crippen molar-refractivity contribution in [1.82, 2.24) is 14.8 Å². The first-order chi connectivity index (χ1) is 15.4. The van der Waals surface area contributed by atoms with Gasteiger partial charge in [-0.1, -0.05) is 41.6 Å². The van der Waals surface area contributed by atoms with E-state index >= 15 is 0 Å². The van der Waals surface area contributed by atoms with Gasteiger partial charge in [0.2, 0.25) is 5.91 Å². The predicted octanol–water partition coefficient (Wildman–Crippen LogP) is 4.30. The highest BCUT2D eigenvalue weighted by atomic mass is 32.2. The number of nitrogens with one attached hydrogen (secondary N) is 1. The van der Waals surface area contributed by atoms with E-state index < -0.39 is 4.92 Å². The molecule has 0 saturated heterocycles. The Balaban J connectivity index is 1.63. The molecular weight excluding hydrogens is 430 g/mol. The lowest BCUT2D eigenvalue weighted by molar-refractivity contribution is -0.384. The van der Waals surface area contributed by atoms with Crippen molar-refractivity contribution in [3.8, 4) is 5.75 Å². The molecule has 0 aliphatic carbocycles. The van der Waals surface area contributed by atoms with Crippen LogP contribution in [0.5, 0.6) is 5.75 Å². The van der Waals surface area contributed by atoms with Gasteiger partial charge in [0.05, 0.1) is 10.7 Å². The molecule has 0 unspecified atom stereocenters. The quantitative estimate of drug-likeness (QED) is 0.211. The van der Waals surface area contributed by atoms with E-state index in [0.717, 1.165) is 16.9 Å². The number of carbonyl (C=O) groups is 1. The van der Waals surface area contributed by atoms with Gasteiger partial charge in [-0.15, -0.1) is 16.8 Å². The summed E-state index contributed by atoms with van der Waals surface area (Å²) >= 11 is 1.21. The Labute approximate surface area is 189 Å². The first-order valence-corrected chi connectivity index (χ1v) is 10.8. The number of anilines is 1. The second kappa shape index (κ2) is 10.6. The molecule has 0 saturated carbocycles. The van der Waals surface area contributed by atoms with Crippen LogP contribution in [0.2, 0.25) is 0 Å². The molecule has 0 aliphatic rings. The number of hydrogen-bond donors (Lipinski definition) is 1. The summed E-state index contributed by atoms with van der Waals surface area (Å²) in [6.07, 6.45) is 1.72. The minimum absolute atomic E-state index is 0.0654.